The molecule has 0 saturated carbocycles. The molecule has 0 bridgehead atoms. The van der Waals surface area contributed by atoms with E-state index in [1.165, 1.54) is 31.5 Å². The SMILES string of the molecule is CCC(N)Cc1cccc(Br)c1OCCN1CCCC1. The summed E-state index contributed by atoms with van der Waals surface area (Å²) in [6.45, 7) is 6.31. The monoisotopic (exact) mass is 340 g/mol. The van der Waals surface area contributed by atoms with E-state index in [-0.39, 0.29) is 6.04 Å². The highest BCUT2D eigenvalue weighted by Crippen LogP contribution is 2.30. The van der Waals surface area contributed by atoms with Crippen molar-refractivity contribution in [1.82, 2.24) is 4.90 Å². The molecule has 1 atom stereocenters. The molecule has 2 N–H and O–H groups in total. The third-order valence-corrected chi connectivity index (χ3v) is 4.53. The Bertz CT molecular complexity index is 419. The zero-order valence-corrected chi connectivity index (χ0v) is 13.9. The average Bonchev–Trinajstić information content (AvgIpc) is 2.95. The first-order chi connectivity index (χ1) is 9.70. The molecule has 1 heterocycles. The van der Waals surface area contributed by atoms with E-state index in [1.807, 2.05) is 6.07 Å². The van der Waals surface area contributed by atoms with Crippen LogP contribution in [-0.2, 0) is 6.42 Å². The maximum Gasteiger partial charge on any atom is 0.136 e. The van der Waals surface area contributed by atoms with Crippen LogP contribution in [0, 0.1) is 0 Å². The van der Waals surface area contributed by atoms with Crippen LogP contribution in [0.2, 0.25) is 0 Å². The summed E-state index contributed by atoms with van der Waals surface area (Å²) in [4.78, 5) is 2.47. The average molecular weight is 341 g/mol. The Hall–Kier alpha value is -0.580. The van der Waals surface area contributed by atoms with E-state index in [9.17, 15) is 0 Å². The molecule has 1 fully saturated rings. The van der Waals surface area contributed by atoms with Gasteiger partial charge >= 0.3 is 0 Å². The number of ether oxygens (including phenoxy) is 1. The van der Waals surface area contributed by atoms with Gasteiger partial charge in [0.2, 0.25) is 0 Å². The smallest absolute Gasteiger partial charge is 0.136 e. The number of nitrogens with two attached hydrogens (primary N) is 1. The van der Waals surface area contributed by atoms with Crippen molar-refractivity contribution >= 4 is 15.9 Å². The molecule has 0 aromatic heterocycles. The summed E-state index contributed by atoms with van der Waals surface area (Å²) in [6, 6.07) is 6.40. The number of halogens is 1. The van der Waals surface area contributed by atoms with Crippen LogP contribution < -0.4 is 10.5 Å². The van der Waals surface area contributed by atoms with Crippen molar-refractivity contribution in [2.75, 3.05) is 26.2 Å². The number of nitrogens with zero attached hydrogens (tertiary/aromatic N) is 1. The van der Waals surface area contributed by atoms with Gasteiger partial charge in [0.05, 0.1) is 4.47 Å². The molecular formula is C16H25BrN2O. The first-order valence-electron chi connectivity index (χ1n) is 7.58. The van der Waals surface area contributed by atoms with Crippen LogP contribution in [-0.4, -0.2) is 37.2 Å². The molecule has 1 aromatic rings. The zero-order chi connectivity index (χ0) is 14.4. The van der Waals surface area contributed by atoms with Gasteiger partial charge in [-0.25, -0.2) is 0 Å². The Kier molecular flexibility index (Phi) is 6.33. The second-order valence-corrected chi connectivity index (χ2v) is 6.35. The molecule has 0 aliphatic carbocycles. The fraction of sp³-hybridized carbons (Fsp3) is 0.625. The Balaban J connectivity index is 1.94. The molecule has 20 heavy (non-hydrogen) atoms. The van der Waals surface area contributed by atoms with E-state index in [4.69, 9.17) is 10.5 Å². The van der Waals surface area contributed by atoms with Gasteiger partial charge in [-0.15, -0.1) is 0 Å². The van der Waals surface area contributed by atoms with Crippen molar-refractivity contribution in [3.63, 3.8) is 0 Å². The van der Waals surface area contributed by atoms with E-state index in [0.717, 1.165) is 36.2 Å². The topological polar surface area (TPSA) is 38.5 Å². The third kappa shape index (κ3) is 4.47. The highest BCUT2D eigenvalue weighted by Gasteiger charge is 2.14. The number of likely N-dealkylation sites (tertiary alicyclic amines) is 1. The maximum absolute atomic E-state index is 6.07. The lowest BCUT2D eigenvalue weighted by Crippen LogP contribution is -2.26. The predicted molar refractivity (Wildman–Crippen MR) is 87.3 cm³/mol. The van der Waals surface area contributed by atoms with Crippen molar-refractivity contribution in [2.24, 2.45) is 5.73 Å². The Morgan fingerprint density at radius 3 is 2.80 bits per heavy atom. The molecule has 2 rings (SSSR count). The summed E-state index contributed by atoms with van der Waals surface area (Å²) in [5.41, 5.74) is 7.28. The number of rotatable bonds is 7. The lowest BCUT2D eigenvalue weighted by atomic mass is 10.0. The van der Waals surface area contributed by atoms with E-state index in [0.29, 0.717) is 0 Å². The van der Waals surface area contributed by atoms with E-state index in [1.54, 1.807) is 0 Å². The summed E-state index contributed by atoms with van der Waals surface area (Å²) in [7, 11) is 0. The van der Waals surface area contributed by atoms with E-state index < -0.39 is 0 Å². The second-order valence-electron chi connectivity index (χ2n) is 5.50. The van der Waals surface area contributed by atoms with Crippen LogP contribution in [0.25, 0.3) is 0 Å². The summed E-state index contributed by atoms with van der Waals surface area (Å²) >= 11 is 3.59. The molecule has 1 aliphatic rings. The van der Waals surface area contributed by atoms with Crippen molar-refractivity contribution in [3.8, 4) is 5.75 Å². The lowest BCUT2D eigenvalue weighted by Gasteiger charge is -2.18. The molecule has 4 heteroatoms. The van der Waals surface area contributed by atoms with Gasteiger partial charge in [0.25, 0.3) is 0 Å². The van der Waals surface area contributed by atoms with Gasteiger partial charge in [-0.3, -0.25) is 4.90 Å². The molecule has 1 aliphatic heterocycles. The van der Waals surface area contributed by atoms with Crippen LogP contribution in [0.5, 0.6) is 5.75 Å². The highest BCUT2D eigenvalue weighted by atomic mass is 79.9. The molecule has 0 radical (unpaired) electrons. The molecule has 1 aromatic carbocycles. The van der Waals surface area contributed by atoms with Crippen LogP contribution in [0.4, 0.5) is 0 Å². The lowest BCUT2D eigenvalue weighted by molar-refractivity contribution is 0.235. The van der Waals surface area contributed by atoms with Crippen LogP contribution >= 0.6 is 15.9 Å². The van der Waals surface area contributed by atoms with Gasteiger partial charge in [0.15, 0.2) is 0 Å². The molecule has 3 nitrogen and oxygen atoms in total. The molecule has 112 valence electrons. The Morgan fingerprint density at radius 1 is 1.35 bits per heavy atom. The third-order valence-electron chi connectivity index (χ3n) is 3.91. The first-order valence-corrected chi connectivity index (χ1v) is 8.38. The quantitative estimate of drug-likeness (QED) is 0.828. The highest BCUT2D eigenvalue weighted by molar-refractivity contribution is 9.10. The standard InChI is InChI=1S/C16H25BrN2O/c1-2-14(18)12-13-6-5-7-15(17)16(13)20-11-10-19-8-3-4-9-19/h5-7,14H,2-4,8-12,18H2,1H3. The van der Waals surface area contributed by atoms with E-state index in [2.05, 4.69) is 39.9 Å². The minimum absolute atomic E-state index is 0.199. The first kappa shape index (κ1) is 15.8. The van der Waals surface area contributed by atoms with Crippen molar-refractivity contribution in [2.45, 2.75) is 38.6 Å². The summed E-state index contributed by atoms with van der Waals surface area (Å²) in [6.07, 6.45) is 4.51. The number of hydrogen-bond acceptors (Lipinski definition) is 3. The molecular weight excluding hydrogens is 316 g/mol. The zero-order valence-electron chi connectivity index (χ0n) is 12.3. The fourth-order valence-electron chi connectivity index (χ4n) is 2.59. The number of benzene rings is 1. The van der Waals surface area contributed by atoms with Crippen LogP contribution in [0.1, 0.15) is 31.7 Å². The van der Waals surface area contributed by atoms with Crippen molar-refractivity contribution in [1.29, 1.82) is 0 Å². The Labute approximate surface area is 130 Å². The van der Waals surface area contributed by atoms with Gasteiger partial charge < -0.3 is 10.5 Å². The fourth-order valence-corrected chi connectivity index (χ4v) is 3.11. The van der Waals surface area contributed by atoms with Crippen molar-refractivity contribution < 1.29 is 4.74 Å². The minimum Gasteiger partial charge on any atom is -0.491 e. The van der Waals surface area contributed by atoms with Crippen molar-refractivity contribution in [3.05, 3.63) is 28.2 Å². The second kappa shape index (κ2) is 8.01. The van der Waals surface area contributed by atoms with E-state index >= 15 is 0 Å². The summed E-state index contributed by atoms with van der Waals surface area (Å²) < 4.78 is 7.06. The minimum atomic E-state index is 0.199. The normalized spacial score (nSPS) is 17.4. The molecule has 0 spiro atoms. The predicted octanol–water partition coefficient (Wildman–Crippen LogP) is 3.20. The van der Waals surface area contributed by atoms with Gasteiger partial charge in [0, 0.05) is 12.6 Å². The van der Waals surface area contributed by atoms with Gasteiger partial charge in [0.1, 0.15) is 12.4 Å². The van der Waals surface area contributed by atoms with Gasteiger partial charge in [-0.05, 0) is 66.3 Å². The van der Waals surface area contributed by atoms with Gasteiger partial charge in [-0.1, -0.05) is 19.1 Å². The molecule has 1 unspecified atom stereocenters. The molecule has 1 saturated heterocycles. The Morgan fingerprint density at radius 2 is 2.10 bits per heavy atom. The maximum atomic E-state index is 6.07. The van der Waals surface area contributed by atoms with Crippen LogP contribution in [0.3, 0.4) is 0 Å². The van der Waals surface area contributed by atoms with Crippen LogP contribution in [0.15, 0.2) is 22.7 Å². The summed E-state index contributed by atoms with van der Waals surface area (Å²) in [5.74, 6) is 0.968. The molecule has 0 amide bonds. The summed E-state index contributed by atoms with van der Waals surface area (Å²) in [5, 5.41) is 0. The number of para-hydroxylation sites is 1. The largest absolute Gasteiger partial charge is 0.491 e. The van der Waals surface area contributed by atoms with Gasteiger partial charge in [-0.2, -0.15) is 0 Å². The number of hydrogen-bond donors (Lipinski definition) is 1.